The highest BCUT2D eigenvalue weighted by Crippen LogP contribution is 2.36. The highest BCUT2D eigenvalue weighted by atomic mass is 16.5. The smallest absolute Gasteiger partial charge is 0.274 e. The van der Waals surface area contributed by atoms with Crippen LogP contribution in [0, 0.1) is 0 Å². The molecule has 0 bridgehead atoms. The van der Waals surface area contributed by atoms with Gasteiger partial charge in [0.2, 0.25) is 0 Å². The third kappa shape index (κ3) is 3.27. The molecule has 3 rings (SSSR count). The number of ether oxygens (including phenoxy) is 2. The Morgan fingerprint density at radius 3 is 2.64 bits per heavy atom. The molecule has 2 aromatic carbocycles. The molecule has 1 aliphatic heterocycles. The van der Waals surface area contributed by atoms with Gasteiger partial charge in [-0.3, -0.25) is 14.8 Å². The fraction of sp³-hybridized carbons (Fsp3) is 0.222. The molecule has 0 aliphatic carbocycles. The van der Waals surface area contributed by atoms with Gasteiger partial charge in [-0.25, -0.2) is 5.48 Å². The van der Waals surface area contributed by atoms with Crippen molar-refractivity contribution in [1.29, 1.82) is 0 Å². The van der Waals surface area contributed by atoms with Gasteiger partial charge in [-0.1, -0.05) is 12.1 Å². The van der Waals surface area contributed by atoms with Crippen LogP contribution in [-0.2, 0) is 11.3 Å². The molecule has 0 aromatic heterocycles. The van der Waals surface area contributed by atoms with Crippen molar-refractivity contribution < 1.29 is 24.3 Å². The second kappa shape index (κ2) is 6.82. The topological polar surface area (TPSA) is 88.1 Å². The summed E-state index contributed by atoms with van der Waals surface area (Å²) in [5.41, 5.74) is 3.21. The molecule has 0 radical (unpaired) electrons. The zero-order valence-electron chi connectivity index (χ0n) is 13.9. The zero-order chi connectivity index (χ0) is 18.0. The summed E-state index contributed by atoms with van der Waals surface area (Å²) in [4.78, 5) is 25.8. The molecule has 2 N–H and O–H groups in total. The fourth-order valence-electron chi connectivity index (χ4n) is 2.69. The van der Waals surface area contributed by atoms with E-state index < -0.39 is 12.0 Å². The Labute approximate surface area is 144 Å². The van der Waals surface area contributed by atoms with Crippen LogP contribution >= 0.6 is 0 Å². The molecule has 0 saturated heterocycles. The predicted molar refractivity (Wildman–Crippen MR) is 90.0 cm³/mol. The van der Waals surface area contributed by atoms with Crippen molar-refractivity contribution in [3.05, 3.63) is 53.6 Å². The van der Waals surface area contributed by atoms with Gasteiger partial charge < -0.3 is 14.4 Å². The normalized spacial score (nSPS) is 16.0. The average Bonchev–Trinajstić information content (AvgIpc) is 2.65. The quantitative estimate of drug-likeness (QED) is 0.656. The average molecular weight is 342 g/mol. The van der Waals surface area contributed by atoms with Crippen LogP contribution in [0.2, 0.25) is 0 Å². The Hall–Kier alpha value is -3.06. The number of carbonyl (C=O) groups excluding carboxylic acids is 2. The van der Waals surface area contributed by atoms with Crippen LogP contribution in [0.15, 0.2) is 42.5 Å². The van der Waals surface area contributed by atoms with Gasteiger partial charge in [0.15, 0.2) is 6.10 Å². The predicted octanol–water partition coefficient (Wildman–Crippen LogP) is 2.13. The monoisotopic (exact) mass is 342 g/mol. The Morgan fingerprint density at radius 2 is 2.00 bits per heavy atom. The van der Waals surface area contributed by atoms with Gasteiger partial charge in [0.1, 0.15) is 11.5 Å². The summed E-state index contributed by atoms with van der Waals surface area (Å²) >= 11 is 0. The molecule has 7 heteroatoms. The van der Waals surface area contributed by atoms with Crippen molar-refractivity contribution in [2.24, 2.45) is 0 Å². The summed E-state index contributed by atoms with van der Waals surface area (Å²) in [6.07, 6.45) is -0.622. The minimum Gasteiger partial charge on any atom is -0.497 e. The number of benzene rings is 2. The molecular weight excluding hydrogens is 324 g/mol. The number of hydrogen-bond donors (Lipinski definition) is 2. The lowest BCUT2D eigenvalue weighted by Crippen LogP contribution is -2.44. The second-order valence-corrected chi connectivity index (χ2v) is 5.66. The van der Waals surface area contributed by atoms with Crippen LogP contribution in [0.4, 0.5) is 5.69 Å². The lowest BCUT2D eigenvalue weighted by molar-refractivity contribution is -0.125. The van der Waals surface area contributed by atoms with Crippen LogP contribution in [0.25, 0.3) is 0 Å². The van der Waals surface area contributed by atoms with Crippen LogP contribution in [0.3, 0.4) is 0 Å². The number of nitrogens with one attached hydrogen (secondary N) is 1. The third-order valence-corrected chi connectivity index (χ3v) is 4.03. The first kappa shape index (κ1) is 16.8. The minimum atomic E-state index is -0.654. The summed E-state index contributed by atoms with van der Waals surface area (Å²) in [7, 11) is 1.59. The molecule has 1 atom stereocenters. The van der Waals surface area contributed by atoms with Gasteiger partial charge in [-0.2, -0.15) is 0 Å². The van der Waals surface area contributed by atoms with Gasteiger partial charge in [0, 0.05) is 5.56 Å². The number of rotatable bonds is 4. The number of fused-ring (bicyclic) bond motifs is 1. The lowest BCUT2D eigenvalue weighted by atomic mass is 10.1. The first-order chi connectivity index (χ1) is 12.0. The number of anilines is 1. The highest BCUT2D eigenvalue weighted by molar-refractivity contribution is 6.02. The van der Waals surface area contributed by atoms with Gasteiger partial charge in [-0.15, -0.1) is 0 Å². The van der Waals surface area contributed by atoms with Gasteiger partial charge in [0.05, 0.1) is 19.3 Å². The van der Waals surface area contributed by atoms with Crippen LogP contribution in [0.1, 0.15) is 22.8 Å². The summed E-state index contributed by atoms with van der Waals surface area (Å²) in [6, 6.07) is 12.0. The van der Waals surface area contributed by atoms with E-state index in [-0.39, 0.29) is 11.5 Å². The fourth-order valence-corrected chi connectivity index (χ4v) is 2.69. The Bertz CT molecular complexity index is 804. The van der Waals surface area contributed by atoms with E-state index in [1.54, 1.807) is 30.5 Å². The maximum Gasteiger partial charge on any atom is 0.274 e. The number of nitrogens with zero attached hydrogens (tertiary/aromatic N) is 1. The first-order valence-corrected chi connectivity index (χ1v) is 7.73. The van der Waals surface area contributed by atoms with Gasteiger partial charge in [0.25, 0.3) is 11.8 Å². The van der Waals surface area contributed by atoms with Crippen molar-refractivity contribution in [2.75, 3.05) is 12.0 Å². The SMILES string of the molecule is COc1ccc(CN2C(=O)[C@@H](C)Oc3ccc(C(=O)NO)cc32)cc1. The van der Waals surface area contributed by atoms with Crippen molar-refractivity contribution in [1.82, 2.24) is 5.48 Å². The molecule has 25 heavy (non-hydrogen) atoms. The maximum atomic E-state index is 12.6. The molecule has 130 valence electrons. The summed E-state index contributed by atoms with van der Waals surface area (Å²) in [5, 5.41) is 8.81. The number of hydrogen-bond acceptors (Lipinski definition) is 5. The van der Waals surface area contributed by atoms with E-state index in [0.29, 0.717) is 18.0 Å². The molecule has 2 aromatic rings. The molecule has 0 saturated carbocycles. The number of methoxy groups -OCH3 is 1. The highest BCUT2D eigenvalue weighted by Gasteiger charge is 2.32. The zero-order valence-corrected chi connectivity index (χ0v) is 13.9. The molecule has 7 nitrogen and oxygen atoms in total. The number of amides is 2. The Balaban J connectivity index is 1.97. The standard InChI is InChI=1S/C18H18N2O5/c1-11-18(22)20(10-12-3-6-14(24-2)7-4-12)15-9-13(17(21)19-23)5-8-16(15)25-11/h3-9,11,23H,10H2,1-2H3,(H,19,21)/t11-/m1/s1. The summed E-state index contributed by atoms with van der Waals surface area (Å²) < 4.78 is 10.8. The first-order valence-electron chi connectivity index (χ1n) is 7.73. The van der Waals surface area contributed by atoms with E-state index in [1.807, 2.05) is 24.3 Å². The van der Waals surface area contributed by atoms with Crippen LogP contribution in [-0.4, -0.2) is 30.2 Å². The Morgan fingerprint density at radius 1 is 1.28 bits per heavy atom. The van der Waals surface area contributed by atoms with Crippen molar-refractivity contribution in [2.45, 2.75) is 19.6 Å². The maximum absolute atomic E-state index is 12.6. The molecule has 1 aliphatic rings. The van der Waals surface area contributed by atoms with Crippen molar-refractivity contribution in [3.63, 3.8) is 0 Å². The summed E-state index contributed by atoms with van der Waals surface area (Å²) in [5.74, 6) is 0.381. The molecule has 1 heterocycles. The van der Waals surface area contributed by atoms with Crippen LogP contribution in [0.5, 0.6) is 11.5 Å². The van der Waals surface area contributed by atoms with E-state index in [0.717, 1.165) is 11.3 Å². The summed E-state index contributed by atoms with van der Waals surface area (Å²) in [6.45, 7) is 2.01. The molecule has 2 amide bonds. The van der Waals surface area contributed by atoms with E-state index >= 15 is 0 Å². The largest absolute Gasteiger partial charge is 0.497 e. The molecule has 0 unspecified atom stereocenters. The van der Waals surface area contributed by atoms with Gasteiger partial charge >= 0.3 is 0 Å². The van der Waals surface area contributed by atoms with E-state index in [4.69, 9.17) is 14.7 Å². The van der Waals surface area contributed by atoms with E-state index in [2.05, 4.69) is 0 Å². The van der Waals surface area contributed by atoms with E-state index in [9.17, 15) is 9.59 Å². The van der Waals surface area contributed by atoms with E-state index in [1.165, 1.54) is 12.1 Å². The molecular formula is C18H18N2O5. The van der Waals surface area contributed by atoms with Crippen molar-refractivity contribution >= 4 is 17.5 Å². The van der Waals surface area contributed by atoms with Crippen LogP contribution < -0.4 is 19.9 Å². The minimum absolute atomic E-state index is 0.204. The Kier molecular flexibility index (Phi) is 4.58. The number of hydroxylamine groups is 1. The van der Waals surface area contributed by atoms with Crippen molar-refractivity contribution in [3.8, 4) is 11.5 Å². The van der Waals surface area contributed by atoms with Gasteiger partial charge in [-0.05, 0) is 42.8 Å². The third-order valence-electron chi connectivity index (χ3n) is 4.03. The molecule has 0 spiro atoms. The molecule has 0 fully saturated rings. The second-order valence-electron chi connectivity index (χ2n) is 5.66. The lowest BCUT2D eigenvalue weighted by Gasteiger charge is -2.33. The number of carbonyl (C=O) groups is 2.